The van der Waals surface area contributed by atoms with Crippen LogP contribution in [0.1, 0.15) is 11.1 Å². The lowest BCUT2D eigenvalue weighted by molar-refractivity contribution is -0.385. The Morgan fingerprint density at radius 3 is 2.81 bits per heavy atom. The van der Waals surface area contributed by atoms with Crippen molar-refractivity contribution in [1.29, 1.82) is 0 Å². The van der Waals surface area contributed by atoms with Crippen LogP contribution in [0, 0.1) is 17.0 Å². The maximum absolute atomic E-state index is 10.5. The van der Waals surface area contributed by atoms with Crippen LogP contribution in [-0.2, 0) is 6.54 Å². The summed E-state index contributed by atoms with van der Waals surface area (Å²) in [4.78, 5) is 10.0. The number of hydrogen-bond donors (Lipinski definition) is 0. The highest BCUT2D eigenvalue weighted by Crippen LogP contribution is 2.12. The molecule has 0 saturated heterocycles. The van der Waals surface area contributed by atoms with E-state index in [1.54, 1.807) is 4.68 Å². The number of rotatable bonds is 3. The zero-order valence-electron chi connectivity index (χ0n) is 8.83. The molecule has 5 heteroatoms. The van der Waals surface area contributed by atoms with Gasteiger partial charge < -0.3 is 0 Å². The molecule has 5 nitrogen and oxygen atoms in total. The van der Waals surface area contributed by atoms with Crippen molar-refractivity contribution in [3.8, 4) is 0 Å². The van der Waals surface area contributed by atoms with Crippen molar-refractivity contribution >= 4 is 5.69 Å². The molecule has 2 rings (SSSR count). The van der Waals surface area contributed by atoms with Crippen LogP contribution in [0.5, 0.6) is 0 Å². The van der Waals surface area contributed by atoms with Crippen molar-refractivity contribution in [2.24, 2.45) is 0 Å². The summed E-state index contributed by atoms with van der Waals surface area (Å²) in [6, 6.07) is 7.90. The fourth-order valence-electron chi connectivity index (χ4n) is 1.50. The highest BCUT2D eigenvalue weighted by Gasteiger charge is 2.09. The molecule has 0 atom stereocenters. The first-order chi connectivity index (χ1) is 7.66. The highest BCUT2D eigenvalue weighted by molar-refractivity contribution is 5.27. The van der Waals surface area contributed by atoms with Gasteiger partial charge in [-0.1, -0.05) is 24.3 Å². The number of hydrogen-bond acceptors (Lipinski definition) is 3. The summed E-state index contributed by atoms with van der Waals surface area (Å²) in [5.41, 5.74) is 2.29. The van der Waals surface area contributed by atoms with E-state index in [1.807, 2.05) is 31.2 Å². The number of benzene rings is 1. The van der Waals surface area contributed by atoms with Gasteiger partial charge in [0.25, 0.3) is 0 Å². The van der Waals surface area contributed by atoms with Gasteiger partial charge in [-0.3, -0.25) is 14.8 Å². The monoisotopic (exact) mass is 217 g/mol. The molecule has 0 aliphatic rings. The normalized spacial score (nSPS) is 10.3. The smallest absolute Gasteiger partial charge is 0.261 e. The summed E-state index contributed by atoms with van der Waals surface area (Å²) in [5, 5.41) is 14.4. The summed E-state index contributed by atoms with van der Waals surface area (Å²) in [5.74, 6) is 0. The van der Waals surface area contributed by atoms with Crippen LogP contribution >= 0.6 is 0 Å². The van der Waals surface area contributed by atoms with Crippen LogP contribution in [0.3, 0.4) is 0 Å². The fraction of sp³-hybridized carbons (Fsp3) is 0.182. The first-order valence-corrected chi connectivity index (χ1v) is 4.88. The van der Waals surface area contributed by atoms with Crippen LogP contribution in [0.25, 0.3) is 0 Å². The Balaban J connectivity index is 2.21. The lowest BCUT2D eigenvalue weighted by atomic mass is 10.1. The van der Waals surface area contributed by atoms with Crippen LogP contribution in [0.4, 0.5) is 5.69 Å². The predicted molar refractivity (Wildman–Crippen MR) is 59.2 cm³/mol. The molecule has 1 aromatic heterocycles. The second kappa shape index (κ2) is 4.14. The number of aryl methyl sites for hydroxylation is 1. The molecule has 0 aliphatic carbocycles. The maximum Gasteiger partial charge on any atom is 0.307 e. The molecule has 0 radical (unpaired) electrons. The van der Waals surface area contributed by atoms with Crippen LogP contribution in [0.15, 0.2) is 36.7 Å². The second-order valence-corrected chi connectivity index (χ2v) is 3.58. The zero-order chi connectivity index (χ0) is 11.5. The molecule has 0 aliphatic heterocycles. The van der Waals surface area contributed by atoms with Gasteiger partial charge in [-0.25, -0.2) is 0 Å². The van der Waals surface area contributed by atoms with Gasteiger partial charge in [0, 0.05) is 0 Å². The van der Waals surface area contributed by atoms with Gasteiger partial charge in [0.05, 0.1) is 11.5 Å². The van der Waals surface area contributed by atoms with Crippen molar-refractivity contribution in [3.63, 3.8) is 0 Å². The summed E-state index contributed by atoms with van der Waals surface area (Å²) in [7, 11) is 0. The van der Waals surface area contributed by atoms with E-state index in [2.05, 4.69) is 5.10 Å². The predicted octanol–water partition coefficient (Wildman–Crippen LogP) is 2.15. The fourth-order valence-corrected chi connectivity index (χ4v) is 1.50. The minimum atomic E-state index is -0.443. The van der Waals surface area contributed by atoms with Crippen molar-refractivity contribution in [2.45, 2.75) is 13.5 Å². The Kier molecular flexibility index (Phi) is 2.68. The molecule has 0 unspecified atom stereocenters. The highest BCUT2D eigenvalue weighted by atomic mass is 16.6. The minimum Gasteiger partial charge on any atom is -0.261 e. The summed E-state index contributed by atoms with van der Waals surface area (Å²) in [6.07, 6.45) is 2.70. The van der Waals surface area contributed by atoms with Gasteiger partial charge in [-0.05, 0) is 18.1 Å². The van der Waals surface area contributed by atoms with E-state index >= 15 is 0 Å². The van der Waals surface area contributed by atoms with Crippen molar-refractivity contribution in [3.05, 3.63) is 57.9 Å². The third-order valence-corrected chi connectivity index (χ3v) is 2.42. The molecular weight excluding hydrogens is 206 g/mol. The summed E-state index contributed by atoms with van der Waals surface area (Å²) < 4.78 is 1.57. The lowest BCUT2D eigenvalue weighted by Crippen LogP contribution is -2.01. The molecule has 16 heavy (non-hydrogen) atoms. The first-order valence-electron chi connectivity index (χ1n) is 4.88. The molecule has 0 amide bonds. The average Bonchev–Trinajstić information content (AvgIpc) is 2.70. The van der Waals surface area contributed by atoms with E-state index in [-0.39, 0.29) is 5.69 Å². The third-order valence-electron chi connectivity index (χ3n) is 2.42. The van der Waals surface area contributed by atoms with Crippen molar-refractivity contribution in [1.82, 2.24) is 9.78 Å². The standard InChI is InChI=1S/C11H11N3O2/c1-9-4-2-3-5-10(9)7-13-8-11(6-12-13)14(15)16/h2-6,8H,7H2,1H3. The topological polar surface area (TPSA) is 61.0 Å². The molecule has 1 aromatic carbocycles. The molecule has 0 spiro atoms. The van der Waals surface area contributed by atoms with Gasteiger partial charge in [0.1, 0.15) is 12.4 Å². The Labute approximate surface area is 92.5 Å². The summed E-state index contributed by atoms with van der Waals surface area (Å²) in [6.45, 7) is 2.56. The first kappa shape index (κ1) is 10.4. The molecule has 82 valence electrons. The average molecular weight is 217 g/mol. The van der Waals surface area contributed by atoms with E-state index in [1.165, 1.54) is 12.4 Å². The van der Waals surface area contributed by atoms with E-state index in [9.17, 15) is 10.1 Å². The van der Waals surface area contributed by atoms with Crippen LogP contribution in [0.2, 0.25) is 0 Å². The SMILES string of the molecule is Cc1ccccc1Cn1cc([N+](=O)[O-])cn1. The Morgan fingerprint density at radius 1 is 1.44 bits per heavy atom. The maximum atomic E-state index is 10.5. The number of nitrogens with zero attached hydrogens (tertiary/aromatic N) is 3. The molecule has 0 bridgehead atoms. The Morgan fingerprint density at radius 2 is 2.19 bits per heavy atom. The van der Waals surface area contributed by atoms with E-state index in [0.29, 0.717) is 6.54 Å². The van der Waals surface area contributed by atoms with Crippen LogP contribution < -0.4 is 0 Å². The molecule has 0 N–H and O–H groups in total. The minimum absolute atomic E-state index is 0.0218. The second-order valence-electron chi connectivity index (χ2n) is 3.58. The Bertz CT molecular complexity index is 519. The van der Waals surface area contributed by atoms with E-state index in [0.717, 1.165) is 11.1 Å². The van der Waals surface area contributed by atoms with Gasteiger partial charge in [0.15, 0.2) is 0 Å². The van der Waals surface area contributed by atoms with Crippen molar-refractivity contribution < 1.29 is 4.92 Å². The van der Waals surface area contributed by atoms with Gasteiger partial charge >= 0.3 is 5.69 Å². The van der Waals surface area contributed by atoms with E-state index < -0.39 is 4.92 Å². The largest absolute Gasteiger partial charge is 0.307 e. The van der Waals surface area contributed by atoms with Crippen molar-refractivity contribution in [2.75, 3.05) is 0 Å². The van der Waals surface area contributed by atoms with Crippen LogP contribution in [-0.4, -0.2) is 14.7 Å². The van der Waals surface area contributed by atoms with Gasteiger partial charge in [-0.2, -0.15) is 5.10 Å². The number of aromatic nitrogens is 2. The van der Waals surface area contributed by atoms with Gasteiger partial charge in [-0.15, -0.1) is 0 Å². The molecule has 0 saturated carbocycles. The lowest BCUT2D eigenvalue weighted by Gasteiger charge is -2.04. The molecule has 0 fully saturated rings. The summed E-state index contributed by atoms with van der Waals surface area (Å²) >= 11 is 0. The molecule has 2 aromatic rings. The number of nitro groups is 1. The van der Waals surface area contributed by atoms with E-state index in [4.69, 9.17) is 0 Å². The molecule has 1 heterocycles. The third kappa shape index (κ3) is 2.08. The Hall–Kier alpha value is -2.17. The quantitative estimate of drug-likeness (QED) is 0.584. The van der Waals surface area contributed by atoms with Gasteiger partial charge in [0.2, 0.25) is 0 Å². The zero-order valence-corrected chi connectivity index (χ0v) is 8.83. The molecular formula is C11H11N3O2.